The second-order valence-electron chi connectivity index (χ2n) is 5.17. The van der Waals surface area contributed by atoms with E-state index in [9.17, 15) is 4.79 Å². The molecule has 2 N–H and O–H groups in total. The normalized spacial score (nSPS) is 10.3. The number of pyridine rings is 1. The topological polar surface area (TPSA) is 54.0 Å². The first-order valence-corrected chi connectivity index (χ1v) is 7.10. The van der Waals surface area contributed by atoms with Crippen molar-refractivity contribution >= 4 is 17.3 Å². The highest BCUT2D eigenvalue weighted by atomic mass is 16.1. The SMILES string of the molecule is CCNc1cc(C)ncc1C(=O)Nc1cc(C)ccc1C. The highest BCUT2D eigenvalue weighted by molar-refractivity contribution is 6.08. The Kier molecular flexibility index (Phi) is 4.58. The maximum absolute atomic E-state index is 12.5. The van der Waals surface area contributed by atoms with Crippen LogP contribution in [0, 0.1) is 20.8 Å². The molecule has 0 unspecified atom stereocenters. The lowest BCUT2D eigenvalue weighted by atomic mass is 10.1. The maximum atomic E-state index is 12.5. The average Bonchev–Trinajstić information content (AvgIpc) is 2.43. The second-order valence-corrected chi connectivity index (χ2v) is 5.17. The van der Waals surface area contributed by atoms with Crippen LogP contribution in [0.15, 0.2) is 30.5 Å². The van der Waals surface area contributed by atoms with E-state index in [1.54, 1.807) is 6.20 Å². The van der Waals surface area contributed by atoms with E-state index in [1.807, 2.05) is 52.0 Å². The summed E-state index contributed by atoms with van der Waals surface area (Å²) in [7, 11) is 0. The minimum absolute atomic E-state index is 0.146. The van der Waals surface area contributed by atoms with Gasteiger partial charge in [0.2, 0.25) is 0 Å². The number of carbonyl (C=O) groups excluding carboxylic acids is 1. The molecule has 0 aliphatic carbocycles. The van der Waals surface area contributed by atoms with Gasteiger partial charge in [-0.3, -0.25) is 9.78 Å². The van der Waals surface area contributed by atoms with E-state index >= 15 is 0 Å². The van der Waals surface area contributed by atoms with Crippen molar-refractivity contribution in [1.29, 1.82) is 0 Å². The summed E-state index contributed by atoms with van der Waals surface area (Å²) in [4.78, 5) is 16.7. The number of nitrogens with zero attached hydrogens (tertiary/aromatic N) is 1. The fraction of sp³-hybridized carbons (Fsp3) is 0.294. The van der Waals surface area contributed by atoms with E-state index in [0.717, 1.165) is 34.7 Å². The summed E-state index contributed by atoms with van der Waals surface area (Å²) in [6.45, 7) is 8.66. The fourth-order valence-corrected chi connectivity index (χ4v) is 2.14. The van der Waals surface area contributed by atoms with Crippen LogP contribution in [0.25, 0.3) is 0 Å². The Balaban J connectivity index is 2.30. The van der Waals surface area contributed by atoms with Gasteiger partial charge in [-0.1, -0.05) is 12.1 Å². The highest BCUT2D eigenvalue weighted by Crippen LogP contribution is 2.20. The molecule has 0 aliphatic heterocycles. The molecule has 1 heterocycles. The number of carbonyl (C=O) groups is 1. The van der Waals surface area contributed by atoms with Gasteiger partial charge in [0.25, 0.3) is 5.91 Å². The molecule has 0 fully saturated rings. The zero-order valence-corrected chi connectivity index (χ0v) is 12.9. The Morgan fingerprint density at radius 3 is 2.62 bits per heavy atom. The van der Waals surface area contributed by atoms with Crippen LogP contribution in [-0.2, 0) is 0 Å². The molecule has 4 heteroatoms. The fourth-order valence-electron chi connectivity index (χ4n) is 2.14. The quantitative estimate of drug-likeness (QED) is 0.899. The van der Waals surface area contributed by atoms with E-state index in [-0.39, 0.29) is 5.91 Å². The van der Waals surface area contributed by atoms with Gasteiger partial charge in [0.1, 0.15) is 0 Å². The van der Waals surface area contributed by atoms with Crippen LogP contribution >= 0.6 is 0 Å². The Bertz CT molecular complexity index is 665. The lowest BCUT2D eigenvalue weighted by Gasteiger charge is -2.13. The number of amides is 1. The smallest absolute Gasteiger partial charge is 0.259 e. The lowest BCUT2D eigenvalue weighted by Crippen LogP contribution is -2.16. The van der Waals surface area contributed by atoms with Gasteiger partial charge in [-0.15, -0.1) is 0 Å². The molecule has 0 aliphatic rings. The summed E-state index contributed by atoms with van der Waals surface area (Å²) in [5.74, 6) is -0.146. The van der Waals surface area contributed by atoms with Gasteiger partial charge in [-0.25, -0.2) is 0 Å². The number of aryl methyl sites for hydroxylation is 3. The summed E-state index contributed by atoms with van der Waals surface area (Å²) in [5, 5.41) is 6.18. The molecule has 1 amide bonds. The zero-order valence-electron chi connectivity index (χ0n) is 12.9. The number of benzene rings is 1. The second kappa shape index (κ2) is 6.39. The summed E-state index contributed by atoms with van der Waals surface area (Å²) in [6, 6.07) is 7.90. The van der Waals surface area contributed by atoms with Crippen molar-refractivity contribution in [2.45, 2.75) is 27.7 Å². The Labute approximate surface area is 125 Å². The molecule has 2 rings (SSSR count). The first-order chi connectivity index (χ1) is 10.0. The van der Waals surface area contributed by atoms with Gasteiger partial charge < -0.3 is 10.6 Å². The monoisotopic (exact) mass is 283 g/mol. The van der Waals surface area contributed by atoms with Crippen molar-refractivity contribution in [2.75, 3.05) is 17.2 Å². The minimum atomic E-state index is -0.146. The summed E-state index contributed by atoms with van der Waals surface area (Å²) >= 11 is 0. The third kappa shape index (κ3) is 3.60. The Morgan fingerprint density at radius 1 is 1.14 bits per heavy atom. The average molecular weight is 283 g/mol. The van der Waals surface area contributed by atoms with Crippen molar-refractivity contribution in [3.8, 4) is 0 Å². The molecule has 0 saturated carbocycles. The van der Waals surface area contributed by atoms with Crippen LogP contribution in [0.4, 0.5) is 11.4 Å². The van der Waals surface area contributed by atoms with E-state index in [4.69, 9.17) is 0 Å². The molecule has 1 aromatic carbocycles. The largest absolute Gasteiger partial charge is 0.385 e. The minimum Gasteiger partial charge on any atom is -0.385 e. The molecule has 2 aromatic rings. The van der Waals surface area contributed by atoms with Gasteiger partial charge >= 0.3 is 0 Å². The number of rotatable bonds is 4. The molecule has 0 bridgehead atoms. The lowest BCUT2D eigenvalue weighted by molar-refractivity contribution is 0.102. The molecule has 0 atom stereocenters. The first-order valence-electron chi connectivity index (χ1n) is 7.10. The van der Waals surface area contributed by atoms with E-state index in [2.05, 4.69) is 15.6 Å². The molecule has 0 radical (unpaired) electrons. The van der Waals surface area contributed by atoms with Crippen LogP contribution in [0.1, 0.15) is 34.1 Å². The number of hydrogen-bond acceptors (Lipinski definition) is 3. The standard InChI is InChI=1S/C17H21N3O/c1-5-18-16-9-13(4)19-10-14(16)17(21)20-15-8-11(2)6-7-12(15)3/h6-10H,5H2,1-4H3,(H,18,19)(H,20,21). The van der Waals surface area contributed by atoms with Gasteiger partial charge in [-0.2, -0.15) is 0 Å². The molecule has 110 valence electrons. The Morgan fingerprint density at radius 2 is 1.90 bits per heavy atom. The van der Waals surface area contributed by atoms with E-state index in [1.165, 1.54) is 0 Å². The third-order valence-corrected chi connectivity index (χ3v) is 3.29. The van der Waals surface area contributed by atoms with Crippen molar-refractivity contribution in [2.24, 2.45) is 0 Å². The zero-order chi connectivity index (χ0) is 15.4. The number of nitrogens with one attached hydrogen (secondary N) is 2. The van der Waals surface area contributed by atoms with Gasteiger partial charge in [0.15, 0.2) is 0 Å². The van der Waals surface area contributed by atoms with Crippen LogP contribution in [0.3, 0.4) is 0 Å². The van der Waals surface area contributed by atoms with Crippen molar-refractivity contribution < 1.29 is 4.79 Å². The molecular formula is C17H21N3O. The Hall–Kier alpha value is -2.36. The number of aromatic nitrogens is 1. The number of anilines is 2. The number of hydrogen-bond donors (Lipinski definition) is 2. The summed E-state index contributed by atoms with van der Waals surface area (Å²) in [6.07, 6.45) is 1.62. The first kappa shape index (κ1) is 15.0. The van der Waals surface area contributed by atoms with E-state index in [0.29, 0.717) is 5.56 Å². The molecule has 1 aromatic heterocycles. The van der Waals surface area contributed by atoms with Gasteiger partial charge in [0.05, 0.1) is 11.3 Å². The summed E-state index contributed by atoms with van der Waals surface area (Å²) < 4.78 is 0. The maximum Gasteiger partial charge on any atom is 0.259 e. The van der Waals surface area contributed by atoms with Crippen LogP contribution in [0.2, 0.25) is 0 Å². The van der Waals surface area contributed by atoms with Crippen LogP contribution in [-0.4, -0.2) is 17.4 Å². The summed E-state index contributed by atoms with van der Waals surface area (Å²) in [5.41, 5.74) is 5.25. The van der Waals surface area contributed by atoms with Crippen molar-refractivity contribution in [3.05, 3.63) is 52.8 Å². The van der Waals surface area contributed by atoms with Crippen molar-refractivity contribution in [3.63, 3.8) is 0 Å². The van der Waals surface area contributed by atoms with E-state index < -0.39 is 0 Å². The molecular weight excluding hydrogens is 262 g/mol. The van der Waals surface area contributed by atoms with Gasteiger partial charge in [-0.05, 0) is 51.0 Å². The van der Waals surface area contributed by atoms with Crippen LogP contribution < -0.4 is 10.6 Å². The predicted octanol–water partition coefficient (Wildman–Crippen LogP) is 3.69. The molecule has 0 saturated heterocycles. The predicted molar refractivity (Wildman–Crippen MR) is 87.0 cm³/mol. The molecule has 0 spiro atoms. The third-order valence-electron chi connectivity index (χ3n) is 3.29. The van der Waals surface area contributed by atoms with Crippen molar-refractivity contribution in [1.82, 2.24) is 4.98 Å². The molecule has 4 nitrogen and oxygen atoms in total. The van der Waals surface area contributed by atoms with Gasteiger partial charge in [0, 0.05) is 24.1 Å². The molecule has 21 heavy (non-hydrogen) atoms. The highest BCUT2D eigenvalue weighted by Gasteiger charge is 2.13. The van der Waals surface area contributed by atoms with Crippen LogP contribution in [0.5, 0.6) is 0 Å².